The molecule has 2 rings (SSSR count). The lowest BCUT2D eigenvalue weighted by atomic mass is 10.1. The molecule has 0 aromatic heterocycles. The van der Waals surface area contributed by atoms with Crippen molar-refractivity contribution in [3.05, 3.63) is 60.2 Å². The molecule has 23 heavy (non-hydrogen) atoms. The summed E-state index contributed by atoms with van der Waals surface area (Å²) in [5, 5.41) is 3.08. The third kappa shape index (κ3) is 5.11. The molecule has 1 amide bonds. The molecule has 122 valence electrons. The molecule has 4 nitrogen and oxygen atoms in total. The molecule has 0 fully saturated rings. The summed E-state index contributed by atoms with van der Waals surface area (Å²) in [6, 6.07) is 17.7. The Kier molecular flexibility index (Phi) is 6.63. The minimum absolute atomic E-state index is 0.134. The summed E-state index contributed by atoms with van der Waals surface area (Å²) in [5.41, 5.74) is 2.01. The second-order valence-corrected chi connectivity index (χ2v) is 5.37. The lowest BCUT2D eigenvalue weighted by Gasteiger charge is -2.23. The van der Waals surface area contributed by atoms with E-state index < -0.39 is 0 Å². The maximum absolute atomic E-state index is 12.6. The summed E-state index contributed by atoms with van der Waals surface area (Å²) in [7, 11) is 3.54. The van der Waals surface area contributed by atoms with E-state index in [0.29, 0.717) is 13.0 Å². The summed E-state index contributed by atoms with van der Waals surface area (Å²) >= 11 is 0. The monoisotopic (exact) mass is 312 g/mol. The molecule has 0 aliphatic heterocycles. The van der Waals surface area contributed by atoms with E-state index in [1.807, 2.05) is 66.5 Å². The van der Waals surface area contributed by atoms with Gasteiger partial charge in [0.15, 0.2) is 0 Å². The Morgan fingerprint density at radius 2 is 1.78 bits per heavy atom. The fourth-order valence-electron chi connectivity index (χ4n) is 2.40. The number of nitrogens with one attached hydrogen (secondary N) is 1. The zero-order chi connectivity index (χ0) is 16.5. The van der Waals surface area contributed by atoms with Gasteiger partial charge in [0.1, 0.15) is 5.75 Å². The summed E-state index contributed by atoms with van der Waals surface area (Å²) < 4.78 is 5.20. The van der Waals surface area contributed by atoms with Gasteiger partial charge in [0, 0.05) is 12.1 Å². The zero-order valence-corrected chi connectivity index (χ0v) is 13.8. The van der Waals surface area contributed by atoms with Crippen molar-refractivity contribution >= 4 is 11.6 Å². The highest BCUT2D eigenvalue weighted by Gasteiger charge is 2.16. The second-order valence-electron chi connectivity index (χ2n) is 5.37. The predicted octanol–water partition coefficient (Wildman–Crippen LogP) is 3.23. The van der Waals surface area contributed by atoms with Crippen LogP contribution in [0.5, 0.6) is 5.75 Å². The number of hydrogen-bond acceptors (Lipinski definition) is 3. The Bertz CT molecular complexity index is 597. The van der Waals surface area contributed by atoms with E-state index in [1.165, 1.54) is 0 Å². The van der Waals surface area contributed by atoms with Crippen molar-refractivity contribution in [2.24, 2.45) is 0 Å². The van der Waals surface area contributed by atoms with Crippen LogP contribution in [0.1, 0.15) is 18.4 Å². The number of ether oxygens (including phenoxy) is 1. The molecule has 0 radical (unpaired) electrons. The number of amides is 1. The Hall–Kier alpha value is -2.33. The minimum atomic E-state index is 0.134. The molecule has 0 aliphatic rings. The van der Waals surface area contributed by atoms with E-state index in [9.17, 15) is 4.79 Å². The number of nitrogens with zero attached hydrogens (tertiary/aromatic N) is 1. The molecular weight excluding hydrogens is 288 g/mol. The number of hydrogen-bond donors (Lipinski definition) is 1. The van der Waals surface area contributed by atoms with Crippen LogP contribution >= 0.6 is 0 Å². The highest BCUT2D eigenvalue weighted by atomic mass is 16.5. The number of rotatable bonds is 8. The average molecular weight is 312 g/mol. The van der Waals surface area contributed by atoms with Crippen LogP contribution in [-0.4, -0.2) is 26.6 Å². The molecule has 2 aromatic rings. The van der Waals surface area contributed by atoms with Gasteiger partial charge >= 0.3 is 0 Å². The molecule has 0 heterocycles. The van der Waals surface area contributed by atoms with Gasteiger partial charge in [0.25, 0.3) is 0 Å². The minimum Gasteiger partial charge on any atom is -0.497 e. The molecular formula is C19H24N2O2. The van der Waals surface area contributed by atoms with Gasteiger partial charge < -0.3 is 15.0 Å². The molecule has 1 N–H and O–H groups in total. The highest BCUT2D eigenvalue weighted by molar-refractivity contribution is 5.93. The molecule has 4 heteroatoms. The first-order valence-corrected chi connectivity index (χ1v) is 7.87. The number of carbonyl (C=O) groups is 1. The molecule has 0 unspecified atom stereocenters. The Balaban J connectivity index is 2.17. The maximum atomic E-state index is 12.6. The lowest BCUT2D eigenvalue weighted by Crippen LogP contribution is -2.30. The molecule has 0 bridgehead atoms. The molecule has 2 aromatic carbocycles. The maximum Gasteiger partial charge on any atom is 0.227 e. The van der Waals surface area contributed by atoms with E-state index in [4.69, 9.17) is 4.74 Å². The van der Waals surface area contributed by atoms with Gasteiger partial charge in [-0.1, -0.05) is 30.3 Å². The third-order valence-electron chi connectivity index (χ3n) is 3.69. The average Bonchev–Trinajstić information content (AvgIpc) is 2.61. The normalized spacial score (nSPS) is 10.3. The van der Waals surface area contributed by atoms with Gasteiger partial charge in [-0.05, 0) is 49.8 Å². The van der Waals surface area contributed by atoms with Gasteiger partial charge in [-0.25, -0.2) is 0 Å². The molecule has 0 aliphatic carbocycles. The highest BCUT2D eigenvalue weighted by Crippen LogP contribution is 2.22. The summed E-state index contributed by atoms with van der Waals surface area (Å²) in [5.74, 6) is 0.922. The van der Waals surface area contributed by atoms with E-state index in [1.54, 1.807) is 7.11 Å². The molecule has 0 saturated heterocycles. The number of benzene rings is 2. The molecule has 0 spiro atoms. The first-order valence-electron chi connectivity index (χ1n) is 7.87. The zero-order valence-electron chi connectivity index (χ0n) is 13.8. The second kappa shape index (κ2) is 8.96. The van der Waals surface area contributed by atoms with Crippen LogP contribution in [-0.2, 0) is 11.3 Å². The van der Waals surface area contributed by atoms with Crippen LogP contribution in [0.15, 0.2) is 54.6 Å². The fourth-order valence-corrected chi connectivity index (χ4v) is 2.40. The number of anilines is 1. The Morgan fingerprint density at radius 1 is 1.09 bits per heavy atom. The molecule has 0 saturated carbocycles. The van der Waals surface area contributed by atoms with E-state index in [0.717, 1.165) is 30.0 Å². The van der Waals surface area contributed by atoms with Crippen molar-refractivity contribution in [2.75, 3.05) is 25.6 Å². The van der Waals surface area contributed by atoms with Gasteiger partial charge in [0.2, 0.25) is 5.91 Å². The summed E-state index contributed by atoms with van der Waals surface area (Å²) in [6.07, 6.45) is 1.36. The van der Waals surface area contributed by atoms with Gasteiger partial charge in [-0.3, -0.25) is 4.79 Å². The van der Waals surface area contributed by atoms with E-state index in [2.05, 4.69) is 5.32 Å². The smallest absolute Gasteiger partial charge is 0.227 e. The van der Waals surface area contributed by atoms with Crippen LogP contribution in [0, 0.1) is 0 Å². The van der Waals surface area contributed by atoms with Gasteiger partial charge in [-0.15, -0.1) is 0 Å². The first kappa shape index (κ1) is 17.0. The van der Waals surface area contributed by atoms with Crippen molar-refractivity contribution in [1.29, 1.82) is 0 Å². The predicted molar refractivity (Wildman–Crippen MR) is 93.8 cm³/mol. The number of carbonyl (C=O) groups excluding carboxylic acids is 1. The largest absolute Gasteiger partial charge is 0.497 e. The summed E-state index contributed by atoms with van der Waals surface area (Å²) in [6.45, 7) is 1.42. The van der Waals surface area contributed by atoms with Crippen molar-refractivity contribution in [3.8, 4) is 5.75 Å². The van der Waals surface area contributed by atoms with E-state index in [-0.39, 0.29) is 5.91 Å². The molecule has 0 atom stereocenters. The van der Waals surface area contributed by atoms with Crippen LogP contribution in [0.4, 0.5) is 5.69 Å². The fraction of sp³-hybridized carbons (Fsp3) is 0.316. The van der Waals surface area contributed by atoms with Gasteiger partial charge in [0.05, 0.1) is 13.7 Å². The van der Waals surface area contributed by atoms with Crippen molar-refractivity contribution in [3.63, 3.8) is 0 Å². The van der Waals surface area contributed by atoms with Crippen molar-refractivity contribution in [2.45, 2.75) is 19.4 Å². The van der Waals surface area contributed by atoms with E-state index >= 15 is 0 Å². The lowest BCUT2D eigenvalue weighted by molar-refractivity contribution is -0.118. The topological polar surface area (TPSA) is 41.6 Å². The van der Waals surface area contributed by atoms with Gasteiger partial charge in [-0.2, -0.15) is 0 Å². The quantitative estimate of drug-likeness (QED) is 0.761. The standard InChI is InChI=1S/C19H24N2O2/c1-20-14-6-9-19(22)21(15-16-7-4-3-5-8-16)17-10-12-18(23-2)13-11-17/h3-5,7-8,10-13,20H,6,9,14-15H2,1-2H3. The third-order valence-corrected chi connectivity index (χ3v) is 3.69. The Labute approximate surface area is 138 Å². The Morgan fingerprint density at radius 3 is 2.39 bits per heavy atom. The van der Waals surface area contributed by atoms with Crippen LogP contribution in [0.3, 0.4) is 0 Å². The van der Waals surface area contributed by atoms with Crippen LogP contribution in [0.25, 0.3) is 0 Å². The first-order chi connectivity index (χ1) is 11.2. The van der Waals surface area contributed by atoms with Crippen molar-refractivity contribution in [1.82, 2.24) is 5.32 Å². The van der Waals surface area contributed by atoms with Crippen LogP contribution in [0.2, 0.25) is 0 Å². The summed E-state index contributed by atoms with van der Waals surface area (Å²) in [4.78, 5) is 14.5. The number of methoxy groups -OCH3 is 1. The van der Waals surface area contributed by atoms with Crippen molar-refractivity contribution < 1.29 is 9.53 Å². The SMILES string of the molecule is CNCCCC(=O)N(Cc1ccccc1)c1ccc(OC)cc1. The van der Waals surface area contributed by atoms with Crippen LogP contribution < -0.4 is 15.0 Å².